The minimum Gasteiger partial charge on any atom is -0.309 e. The van der Waals surface area contributed by atoms with Crippen LogP contribution in [0.15, 0.2) is 24.3 Å². The maximum absolute atomic E-state index is 11.8. The van der Waals surface area contributed by atoms with Gasteiger partial charge in [0.2, 0.25) is 6.41 Å². The molecule has 2 heteroatoms. The lowest BCUT2D eigenvalue weighted by molar-refractivity contribution is -0.110. The van der Waals surface area contributed by atoms with Gasteiger partial charge in [0.25, 0.3) is 0 Å². The van der Waals surface area contributed by atoms with Crippen molar-refractivity contribution < 1.29 is 4.79 Å². The Bertz CT molecular complexity index is 483. The zero-order valence-electron chi connectivity index (χ0n) is 12.2. The number of aryl methyl sites for hydroxylation is 1. The first kappa shape index (κ1) is 12.4. The molecule has 106 valence electrons. The lowest BCUT2D eigenvalue weighted by Crippen LogP contribution is -2.60. The molecule has 5 rings (SSSR count). The molecule has 0 aromatic heterocycles. The standard InChI is InChI=1S/C18H23NO/c1-13-2-4-17(5-3-13)19(12-20)18-9-14-6-15(10-18)8-16(7-14)11-18/h2-5,12,14-16H,6-11H2,1H3. The van der Waals surface area contributed by atoms with Crippen molar-refractivity contribution in [2.24, 2.45) is 17.8 Å². The van der Waals surface area contributed by atoms with Gasteiger partial charge in [-0.1, -0.05) is 17.7 Å². The zero-order valence-corrected chi connectivity index (χ0v) is 12.2. The molecule has 0 unspecified atom stereocenters. The van der Waals surface area contributed by atoms with Gasteiger partial charge in [0.15, 0.2) is 0 Å². The molecule has 1 aromatic rings. The van der Waals surface area contributed by atoms with Crippen LogP contribution in [0.1, 0.15) is 44.1 Å². The van der Waals surface area contributed by atoms with E-state index in [1.807, 2.05) is 0 Å². The van der Waals surface area contributed by atoms with Crippen molar-refractivity contribution in [3.8, 4) is 0 Å². The molecule has 0 aliphatic heterocycles. The van der Waals surface area contributed by atoms with Crippen molar-refractivity contribution >= 4 is 12.1 Å². The van der Waals surface area contributed by atoms with E-state index in [4.69, 9.17) is 0 Å². The van der Waals surface area contributed by atoms with Gasteiger partial charge in [-0.25, -0.2) is 0 Å². The first-order valence-corrected chi connectivity index (χ1v) is 8.00. The van der Waals surface area contributed by atoms with E-state index in [0.29, 0.717) is 0 Å². The topological polar surface area (TPSA) is 20.3 Å². The van der Waals surface area contributed by atoms with Crippen molar-refractivity contribution in [2.75, 3.05) is 4.90 Å². The first-order valence-electron chi connectivity index (χ1n) is 8.00. The van der Waals surface area contributed by atoms with Gasteiger partial charge in [-0.3, -0.25) is 4.79 Å². The molecule has 0 N–H and O–H groups in total. The summed E-state index contributed by atoms with van der Waals surface area (Å²) < 4.78 is 0. The number of amides is 1. The summed E-state index contributed by atoms with van der Waals surface area (Å²) in [5.41, 5.74) is 2.48. The molecule has 0 atom stereocenters. The second-order valence-corrected chi connectivity index (χ2v) is 7.45. The first-order chi connectivity index (χ1) is 9.68. The van der Waals surface area contributed by atoms with E-state index >= 15 is 0 Å². The number of benzene rings is 1. The third kappa shape index (κ3) is 1.81. The van der Waals surface area contributed by atoms with Gasteiger partial charge in [0, 0.05) is 11.2 Å². The minimum atomic E-state index is 0.131. The highest BCUT2D eigenvalue weighted by Gasteiger charge is 2.53. The van der Waals surface area contributed by atoms with Gasteiger partial charge >= 0.3 is 0 Å². The van der Waals surface area contributed by atoms with Crippen molar-refractivity contribution in [1.29, 1.82) is 0 Å². The highest BCUT2D eigenvalue weighted by molar-refractivity contribution is 5.77. The van der Waals surface area contributed by atoms with Gasteiger partial charge < -0.3 is 4.90 Å². The van der Waals surface area contributed by atoms with Gasteiger partial charge in [-0.15, -0.1) is 0 Å². The van der Waals surface area contributed by atoms with E-state index in [1.54, 1.807) is 0 Å². The summed E-state index contributed by atoms with van der Waals surface area (Å²) in [6.07, 6.45) is 9.03. The van der Waals surface area contributed by atoms with Gasteiger partial charge in [0.1, 0.15) is 0 Å². The number of hydrogen-bond acceptors (Lipinski definition) is 1. The fourth-order valence-corrected chi connectivity index (χ4v) is 5.51. The van der Waals surface area contributed by atoms with Crippen LogP contribution in [-0.2, 0) is 4.79 Å². The Morgan fingerprint density at radius 1 is 1.00 bits per heavy atom. The molecule has 0 radical (unpaired) electrons. The summed E-state index contributed by atoms with van der Waals surface area (Å²) in [4.78, 5) is 13.9. The van der Waals surface area contributed by atoms with Crippen LogP contribution >= 0.6 is 0 Å². The van der Waals surface area contributed by atoms with E-state index in [2.05, 4.69) is 36.1 Å². The molecule has 20 heavy (non-hydrogen) atoms. The fourth-order valence-electron chi connectivity index (χ4n) is 5.51. The number of carbonyl (C=O) groups excluding carboxylic acids is 1. The van der Waals surface area contributed by atoms with Gasteiger partial charge in [0.05, 0.1) is 0 Å². The van der Waals surface area contributed by atoms with E-state index in [-0.39, 0.29) is 5.54 Å². The molecular formula is C18H23NO. The Labute approximate surface area is 121 Å². The molecule has 4 bridgehead atoms. The quantitative estimate of drug-likeness (QED) is 0.761. The van der Waals surface area contributed by atoms with Crippen LogP contribution in [0.4, 0.5) is 5.69 Å². The maximum atomic E-state index is 11.8. The van der Waals surface area contributed by atoms with Crippen LogP contribution in [0.2, 0.25) is 0 Å². The highest BCUT2D eigenvalue weighted by atomic mass is 16.1. The van der Waals surface area contributed by atoms with Crippen molar-refractivity contribution in [1.82, 2.24) is 0 Å². The number of nitrogens with zero attached hydrogens (tertiary/aromatic N) is 1. The summed E-state index contributed by atoms with van der Waals surface area (Å²) in [7, 11) is 0. The number of anilines is 1. The predicted octanol–water partition coefficient (Wildman–Crippen LogP) is 3.93. The molecule has 0 saturated heterocycles. The van der Waals surface area contributed by atoms with E-state index < -0.39 is 0 Å². The van der Waals surface area contributed by atoms with Crippen LogP contribution in [0, 0.1) is 24.7 Å². The molecule has 2 nitrogen and oxygen atoms in total. The molecular weight excluding hydrogens is 246 g/mol. The van der Waals surface area contributed by atoms with Crippen LogP contribution in [0.25, 0.3) is 0 Å². The monoisotopic (exact) mass is 269 g/mol. The third-order valence-electron chi connectivity index (χ3n) is 5.93. The smallest absolute Gasteiger partial charge is 0.214 e. The Kier molecular flexibility index (Phi) is 2.70. The number of hydrogen-bond donors (Lipinski definition) is 0. The van der Waals surface area contributed by atoms with Crippen LogP contribution in [-0.4, -0.2) is 11.9 Å². The molecule has 4 aliphatic carbocycles. The van der Waals surface area contributed by atoms with Crippen molar-refractivity contribution in [3.63, 3.8) is 0 Å². The van der Waals surface area contributed by atoms with Crippen molar-refractivity contribution in [2.45, 2.75) is 51.0 Å². The van der Waals surface area contributed by atoms with Crippen LogP contribution in [0.3, 0.4) is 0 Å². The lowest BCUT2D eigenvalue weighted by Gasteiger charge is -2.59. The minimum absolute atomic E-state index is 0.131. The number of carbonyl (C=O) groups is 1. The molecule has 4 fully saturated rings. The molecule has 1 aromatic carbocycles. The third-order valence-corrected chi connectivity index (χ3v) is 5.93. The fraction of sp³-hybridized carbons (Fsp3) is 0.611. The zero-order chi connectivity index (χ0) is 13.7. The summed E-state index contributed by atoms with van der Waals surface area (Å²) >= 11 is 0. The summed E-state index contributed by atoms with van der Waals surface area (Å²) in [5.74, 6) is 2.61. The van der Waals surface area contributed by atoms with Crippen LogP contribution in [0.5, 0.6) is 0 Å². The highest BCUT2D eigenvalue weighted by Crippen LogP contribution is 2.58. The molecule has 0 heterocycles. The number of rotatable bonds is 3. The average molecular weight is 269 g/mol. The second-order valence-electron chi connectivity index (χ2n) is 7.45. The molecule has 4 saturated carbocycles. The van der Waals surface area contributed by atoms with Crippen molar-refractivity contribution in [3.05, 3.63) is 29.8 Å². The van der Waals surface area contributed by atoms with Gasteiger partial charge in [-0.05, 0) is 75.3 Å². The average Bonchev–Trinajstić information content (AvgIpc) is 2.40. The normalized spacial score (nSPS) is 38.0. The van der Waals surface area contributed by atoms with E-state index in [1.165, 1.54) is 44.1 Å². The van der Waals surface area contributed by atoms with Gasteiger partial charge in [-0.2, -0.15) is 0 Å². The SMILES string of the molecule is Cc1ccc(N(C=O)C23CC4CC(CC(C4)C2)C3)cc1. The lowest BCUT2D eigenvalue weighted by atomic mass is 9.52. The predicted molar refractivity (Wildman–Crippen MR) is 80.6 cm³/mol. The largest absolute Gasteiger partial charge is 0.309 e. The second kappa shape index (κ2) is 4.34. The summed E-state index contributed by atoms with van der Waals surface area (Å²) in [6, 6.07) is 8.46. The molecule has 0 spiro atoms. The summed E-state index contributed by atoms with van der Waals surface area (Å²) in [6.45, 7) is 2.10. The summed E-state index contributed by atoms with van der Waals surface area (Å²) in [5, 5.41) is 0. The Hall–Kier alpha value is -1.31. The van der Waals surface area contributed by atoms with E-state index in [0.717, 1.165) is 29.9 Å². The maximum Gasteiger partial charge on any atom is 0.214 e. The molecule has 4 aliphatic rings. The Morgan fingerprint density at radius 2 is 1.50 bits per heavy atom. The Morgan fingerprint density at radius 3 is 1.95 bits per heavy atom. The Balaban J connectivity index is 1.70. The van der Waals surface area contributed by atoms with E-state index in [9.17, 15) is 4.79 Å². The van der Waals surface area contributed by atoms with Crippen LogP contribution < -0.4 is 4.90 Å². The molecule has 1 amide bonds.